The molecular weight excluding hydrogens is 282 g/mol. The molecule has 1 rings (SSSR count). The van der Waals surface area contributed by atoms with Crippen LogP contribution in [0.2, 0.25) is 0 Å². The molecule has 2 amide bonds. The normalized spacial score (nSPS) is 11.9. The SMILES string of the molecule is CCCNC(=O)[C@@H](C)N(C)CC(=O)Nc1ccc(OC)cc1. The maximum atomic E-state index is 12.0. The standard InChI is InChI=1S/C16H25N3O3/c1-5-10-17-16(21)12(2)19(3)11-15(20)18-13-6-8-14(22-4)9-7-13/h6-9,12H,5,10-11H2,1-4H3,(H,17,21)(H,18,20)/t12-/m1/s1. The van der Waals surface area contributed by atoms with Crippen LogP contribution in [-0.4, -0.2) is 50.0 Å². The van der Waals surface area contributed by atoms with E-state index in [-0.39, 0.29) is 24.4 Å². The molecule has 2 N–H and O–H groups in total. The van der Waals surface area contributed by atoms with Gasteiger partial charge < -0.3 is 15.4 Å². The maximum absolute atomic E-state index is 12.0. The van der Waals surface area contributed by atoms with Crippen molar-refractivity contribution in [3.8, 4) is 5.75 Å². The number of hydrogen-bond acceptors (Lipinski definition) is 4. The van der Waals surface area contributed by atoms with Crippen LogP contribution >= 0.6 is 0 Å². The van der Waals surface area contributed by atoms with Gasteiger partial charge in [0.15, 0.2) is 0 Å². The van der Waals surface area contributed by atoms with E-state index in [2.05, 4.69) is 10.6 Å². The Kier molecular flexibility index (Phi) is 7.39. The van der Waals surface area contributed by atoms with E-state index in [1.165, 1.54) is 0 Å². The average molecular weight is 307 g/mol. The molecule has 0 unspecified atom stereocenters. The van der Waals surface area contributed by atoms with Crippen LogP contribution in [0.25, 0.3) is 0 Å². The maximum Gasteiger partial charge on any atom is 0.238 e. The average Bonchev–Trinajstić information content (AvgIpc) is 2.52. The lowest BCUT2D eigenvalue weighted by Gasteiger charge is -2.23. The number of ether oxygens (including phenoxy) is 1. The number of hydrogen-bond donors (Lipinski definition) is 2. The summed E-state index contributed by atoms with van der Waals surface area (Å²) in [5, 5.41) is 5.62. The molecule has 0 aromatic heterocycles. The highest BCUT2D eigenvalue weighted by Gasteiger charge is 2.19. The van der Waals surface area contributed by atoms with Crippen molar-refractivity contribution in [2.24, 2.45) is 0 Å². The number of methoxy groups -OCH3 is 1. The monoisotopic (exact) mass is 307 g/mol. The van der Waals surface area contributed by atoms with Gasteiger partial charge in [0.05, 0.1) is 19.7 Å². The molecule has 1 atom stereocenters. The zero-order chi connectivity index (χ0) is 16.5. The van der Waals surface area contributed by atoms with Crippen LogP contribution in [0.3, 0.4) is 0 Å². The van der Waals surface area contributed by atoms with E-state index < -0.39 is 0 Å². The van der Waals surface area contributed by atoms with Gasteiger partial charge in [0, 0.05) is 12.2 Å². The van der Waals surface area contributed by atoms with Crippen molar-refractivity contribution < 1.29 is 14.3 Å². The Balaban J connectivity index is 2.47. The van der Waals surface area contributed by atoms with Crippen molar-refractivity contribution in [2.45, 2.75) is 26.3 Å². The van der Waals surface area contributed by atoms with Gasteiger partial charge in [-0.05, 0) is 44.7 Å². The number of carbonyl (C=O) groups excluding carboxylic acids is 2. The van der Waals surface area contributed by atoms with Crippen molar-refractivity contribution in [1.29, 1.82) is 0 Å². The summed E-state index contributed by atoms with van der Waals surface area (Å²) in [7, 11) is 3.34. The molecule has 1 aromatic carbocycles. The third kappa shape index (κ3) is 5.73. The summed E-state index contributed by atoms with van der Waals surface area (Å²) in [5.74, 6) is 0.501. The Hall–Kier alpha value is -2.08. The topological polar surface area (TPSA) is 70.7 Å². The number of carbonyl (C=O) groups is 2. The summed E-state index contributed by atoms with van der Waals surface area (Å²) in [6.45, 7) is 4.57. The second kappa shape index (κ2) is 9.04. The molecule has 0 saturated carbocycles. The van der Waals surface area contributed by atoms with Crippen molar-refractivity contribution >= 4 is 17.5 Å². The van der Waals surface area contributed by atoms with E-state index in [4.69, 9.17) is 4.74 Å². The van der Waals surface area contributed by atoms with Gasteiger partial charge in [-0.15, -0.1) is 0 Å². The predicted molar refractivity (Wildman–Crippen MR) is 87.0 cm³/mol. The number of nitrogens with zero attached hydrogens (tertiary/aromatic N) is 1. The van der Waals surface area contributed by atoms with Crippen LogP contribution in [0.15, 0.2) is 24.3 Å². The lowest BCUT2D eigenvalue weighted by Crippen LogP contribution is -2.46. The molecule has 0 aliphatic carbocycles. The summed E-state index contributed by atoms with van der Waals surface area (Å²) in [6, 6.07) is 6.75. The number of benzene rings is 1. The van der Waals surface area contributed by atoms with Gasteiger partial charge >= 0.3 is 0 Å². The van der Waals surface area contributed by atoms with Crippen molar-refractivity contribution in [3.05, 3.63) is 24.3 Å². The first-order chi connectivity index (χ1) is 10.5. The highest BCUT2D eigenvalue weighted by molar-refractivity contribution is 5.92. The Labute approximate surface area is 131 Å². The van der Waals surface area contributed by atoms with Crippen LogP contribution in [0, 0.1) is 0 Å². The Bertz CT molecular complexity index is 488. The molecule has 0 saturated heterocycles. The summed E-state index contributed by atoms with van der Waals surface area (Å²) >= 11 is 0. The van der Waals surface area contributed by atoms with Gasteiger partial charge in [0.1, 0.15) is 5.75 Å². The third-order valence-corrected chi connectivity index (χ3v) is 3.36. The van der Waals surface area contributed by atoms with E-state index in [1.807, 2.05) is 6.92 Å². The molecule has 122 valence electrons. The molecule has 6 nitrogen and oxygen atoms in total. The Morgan fingerprint density at radius 1 is 1.27 bits per heavy atom. The van der Waals surface area contributed by atoms with Crippen LogP contribution in [0.1, 0.15) is 20.3 Å². The molecular formula is C16H25N3O3. The van der Waals surface area contributed by atoms with Gasteiger partial charge in [-0.2, -0.15) is 0 Å². The summed E-state index contributed by atoms with van der Waals surface area (Å²) in [6.07, 6.45) is 0.889. The molecule has 0 heterocycles. The van der Waals surface area contributed by atoms with Crippen LogP contribution < -0.4 is 15.4 Å². The Morgan fingerprint density at radius 2 is 1.91 bits per heavy atom. The first-order valence-corrected chi connectivity index (χ1v) is 7.39. The van der Waals surface area contributed by atoms with Crippen molar-refractivity contribution in [2.75, 3.05) is 32.6 Å². The van der Waals surface area contributed by atoms with E-state index in [0.29, 0.717) is 12.2 Å². The molecule has 0 bridgehead atoms. The van der Waals surface area contributed by atoms with Gasteiger partial charge in [0.25, 0.3) is 0 Å². The number of likely N-dealkylation sites (N-methyl/N-ethyl adjacent to an activating group) is 1. The van der Waals surface area contributed by atoms with Crippen LogP contribution in [0.5, 0.6) is 5.75 Å². The fraction of sp³-hybridized carbons (Fsp3) is 0.500. The lowest BCUT2D eigenvalue weighted by molar-refractivity contribution is -0.126. The molecule has 0 radical (unpaired) electrons. The Morgan fingerprint density at radius 3 is 2.45 bits per heavy atom. The first-order valence-electron chi connectivity index (χ1n) is 7.39. The molecule has 0 spiro atoms. The molecule has 0 aliphatic rings. The predicted octanol–water partition coefficient (Wildman–Crippen LogP) is 1.48. The number of rotatable bonds is 8. The molecule has 0 aliphatic heterocycles. The second-order valence-corrected chi connectivity index (χ2v) is 5.16. The van der Waals surface area contributed by atoms with Gasteiger partial charge in [-0.3, -0.25) is 14.5 Å². The quantitative estimate of drug-likeness (QED) is 0.763. The smallest absolute Gasteiger partial charge is 0.238 e. The summed E-state index contributed by atoms with van der Waals surface area (Å²) in [4.78, 5) is 25.6. The third-order valence-electron chi connectivity index (χ3n) is 3.36. The van der Waals surface area contributed by atoms with E-state index in [9.17, 15) is 9.59 Å². The largest absolute Gasteiger partial charge is 0.497 e. The van der Waals surface area contributed by atoms with Crippen LogP contribution in [0.4, 0.5) is 5.69 Å². The number of amides is 2. The minimum atomic E-state index is -0.354. The van der Waals surface area contributed by atoms with Crippen molar-refractivity contribution in [3.63, 3.8) is 0 Å². The first kappa shape index (κ1) is 18.0. The second-order valence-electron chi connectivity index (χ2n) is 5.16. The van der Waals surface area contributed by atoms with Gasteiger partial charge in [-0.1, -0.05) is 6.92 Å². The van der Waals surface area contributed by atoms with Gasteiger partial charge in [-0.25, -0.2) is 0 Å². The highest BCUT2D eigenvalue weighted by Crippen LogP contribution is 2.14. The van der Waals surface area contributed by atoms with E-state index in [0.717, 1.165) is 12.2 Å². The molecule has 6 heteroatoms. The summed E-state index contributed by atoms with van der Waals surface area (Å²) in [5.41, 5.74) is 0.697. The highest BCUT2D eigenvalue weighted by atomic mass is 16.5. The minimum absolute atomic E-state index is 0.0680. The van der Waals surface area contributed by atoms with Gasteiger partial charge in [0.2, 0.25) is 11.8 Å². The number of anilines is 1. The zero-order valence-electron chi connectivity index (χ0n) is 13.7. The van der Waals surface area contributed by atoms with E-state index in [1.54, 1.807) is 50.2 Å². The molecule has 22 heavy (non-hydrogen) atoms. The minimum Gasteiger partial charge on any atom is -0.497 e. The zero-order valence-corrected chi connectivity index (χ0v) is 13.7. The lowest BCUT2D eigenvalue weighted by atomic mass is 10.2. The molecule has 1 aromatic rings. The van der Waals surface area contributed by atoms with Crippen LogP contribution in [-0.2, 0) is 9.59 Å². The summed E-state index contributed by atoms with van der Waals surface area (Å²) < 4.78 is 5.06. The fourth-order valence-electron chi connectivity index (χ4n) is 1.83. The van der Waals surface area contributed by atoms with Crippen molar-refractivity contribution in [1.82, 2.24) is 10.2 Å². The molecule has 0 fully saturated rings. The fourth-order valence-corrected chi connectivity index (χ4v) is 1.83. The van der Waals surface area contributed by atoms with E-state index >= 15 is 0 Å². The number of nitrogens with one attached hydrogen (secondary N) is 2.